The molecule has 20 heavy (non-hydrogen) atoms. The minimum absolute atomic E-state index is 0.201. The smallest absolute Gasteiger partial charge is 0.149 e. The van der Waals surface area contributed by atoms with Crippen LogP contribution in [0.4, 0.5) is 0 Å². The maximum atomic E-state index is 12.0. The van der Waals surface area contributed by atoms with Gasteiger partial charge in [0.05, 0.1) is 17.9 Å². The Labute approximate surface area is 131 Å². The molecule has 0 radical (unpaired) electrons. The van der Waals surface area contributed by atoms with E-state index in [9.17, 15) is 4.79 Å². The van der Waals surface area contributed by atoms with Crippen LogP contribution < -0.4 is 0 Å². The molecule has 0 atom stereocenters. The average Bonchev–Trinajstić information content (AvgIpc) is 2.87. The molecule has 3 nitrogen and oxygen atoms in total. The molecule has 2 rings (SSSR count). The molecule has 0 saturated heterocycles. The first kappa shape index (κ1) is 15.3. The summed E-state index contributed by atoms with van der Waals surface area (Å²) in [5.41, 5.74) is 0.847. The highest BCUT2D eigenvalue weighted by Crippen LogP contribution is 2.20. The van der Waals surface area contributed by atoms with Crippen LogP contribution in [0.3, 0.4) is 0 Å². The second kappa shape index (κ2) is 7.09. The van der Waals surface area contributed by atoms with E-state index in [4.69, 9.17) is 0 Å². The summed E-state index contributed by atoms with van der Waals surface area (Å²) in [6.45, 7) is 4.14. The van der Waals surface area contributed by atoms with Crippen molar-refractivity contribution < 1.29 is 4.79 Å². The summed E-state index contributed by atoms with van der Waals surface area (Å²) in [5, 5.41) is 4.40. The Morgan fingerprint density at radius 1 is 1.30 bits per heavy atom. The molecule has 0 fully saturated rings. The lowest BCUT2D eigenvalue weighted by atomic mass is 10.2. The van der Waals surface area contributed by atoms with Crippen LogP contribution in [-0.4, -0.2) is 21.3 Å². The summed E-state index contributed by atoms with van der Waals surface area (Å²) in [7, 11) is 0. The van der Waals surface area contributed by atoms with Crippen LogP contribution in [0.5, 0.6) is 0 Å². The second-order valence-electron chi connectivity index (χ2n) is 4.84. The molecule has 1 aromatic heterocycles. The average molecular weight is 353 g/mol. The molecule has 0 unspecified atom stereocenters. The number of hydrogen-bond donors (Lipinski definition) is 0. The van der Waals surface area contributed by atoms with E-state index in [1.54, 1.807) is 11.8 Å². The van der Waals surface area contributed by atoms with Gasteiger partial charge in [-0.15, -0.1) is 11.8 Å². The number of rotatable bonds is 6. The molecule has 0 amide bonds. The molecule has 0 aliphatic rings. The van der Waals surface area contributed by atoms with Gasteiger partial charge in [0.15, 0.2) is 0 Å². The van der Waals surface area contributed by atoms with E-state index in [0.717, 1.165) is 15.1 Å². The van der Waals surface area contributed by atoms with Crippen molar-refractivity contribution in [2.24, 2.45) is 0 Å². The number of Topliss-reactive ketones (excluding diaryl/α,β-unsaturated/α-hetero) is 1. The SMILES string of the molecule is CC(C)n1ccc(CC(=O)CSc2ccc(Br)cc2)n1. The van der Waals surface area contributed by atoms with E-state index in [-0.39, 0.29) is 5.78 Å². The Morgan fingerprint density at radius 2 is 2.00 bits per heavy atom. The molecule has 0 aliphatic carbocycles. The van der Waals surface area contributed by atoms with Gasteiger partial charge in [0.25, 0.3) is 0 Å². The fourth-order valence-corrected chi connectivity index (χ4v) is 2.73. The van der Waals surface area contributed by atoms with Crippen molar-refractivity contribution in [1.82, 2.24) is 9.78 Å². The summed E-state index contributed by atoms with van der Waals surface area (Å²) < 4.78 is 2.93. The number of carbonyl (C=O) groups is 1. The highest BCUT2D eigenvalue weighted by atomic mass is 79.9. The standard InChI is InChI=1S/C15H17BrN2OS/c1-11(2)18-8-7-13(17-18)9-14(19)10-20-15-5-3-12(16)4-6-15/h3-8,11H,9-10H2,1-2H3. The number of hydrogen-bond acceptors (Lipinski definition) is 3. The van der Waals surface area contributed by atoms with Gasteiger partial charge in [0, 0.05) is 21.6 Å². The van der Waals surface area contributed by atoms with Gasteiger partial charge in [0.2, 0.25) is 0 Å². The lowest BCUT2D eigenvalue weighted by Gasteiger charge is -2.04. The van der Waals surface area contributed by atoms with Gasteiger partial charge < -0.3 is 0 Å². The molecular weight excluding hydrogens is 336 g/mol. The van der Waals surface area contributed by atoms with E-state index >= 15 is 0 Å². The van der Waals surface area contributed by atoms with Crippen molar-refractivity contribution in [3.05, 3.63) is 46.7 Å². The first-order chi connectivity index (χ1) is 9.54. The van der Waals surface area contributed by atoms with Crippen molar-refractivity contribution in [2.75, 3.05) is 5.75 Å². The zero-order valence-electron chi connectivity index (χ0n) is 11.5. The number of benzene rings is 1. The Hall–Kier alpha value is -1.07. The number of thioether (sulfide) groups is 1. The third-order valence-electron chi connectivity index (χ3n) is 2.78. The van der Waals surface area contributed by atoms with Gasteiger partial charge in [-0.3, -0.25) is 9.48 Å². The number of nitrogens with zero attached hydrogens (tertiary/aromatic N) is 2. The Balaban J connectivity index is 1.84. The number of halogens is 1. The molecule has 0 N–H and O–H groups in total. The van der Waals surface area contributed by atoms with E-state index in [1.165, 1.54) is 0 Å². The minimum Gasteiger partial charge on any atom is -0.298 e. The van der Waals surface area contributed by atoms with Gasteiger partial charge in [-0.1, -0.05) is 15.9 Å². The Morgan fingerprint density at radius 3 is 2.60 bits per heavy atom. The number of ketones is 1. The first-order valence-electron chi connectivity index (χ1n) is 6.48. The van der Waals surface area contributed by atoms with Crippen molar-refractivity contribution >= 4 is 33.5 Å². The number of carbonyl (C=O) groups excluding carboxylic acids is 1. The van der Waals surface area contributed by atoms with Gasteiger partial charge in [-0.25, -0.2) is 0 Å². The van der Waals surface area contributed by atoms with Gasteiger partial charge in [-0.2, -0.15) is 5.10 Å². The predicted molar refractivity (Wildman–Crippen MR) is 86.2 cm³/mol. The molecule has 0 bridgehead atoms. The van der Waals surface area contributed by atoms with Gasteiger partial charge in [-0.05, 0) is 44.2 Å². The van der Waals surface area contributed by atoms with Crippen molar-refractivity contribution in [3.63, 3.8) is 0 Å². The largest absolute Gasteiger partial charge is 0.298 e. The lowest BCUT2D eigenvalue weighted by Crippen LogP contribution is -2.08. The molecule has 0 spiro atoms. The minimum atomic E-state index is 0.201. The summed E-state index contributed by atoms with van der Waals surface area (Å²) >= 11 is 4.96. The third kappa shape index (κ3) is 4.49. The first-order valence-corrected chi connectivity index (χ1v) is 8.26. The highest BCUT2D eigenvalue weighted by Gasteiger charge is 2.08. The topological polar surface area (TPSA) is 34.9 Å². The molecule has 5 heteroatoms. The van der Waals surface area contributed by atoms with Gasteiger partial charge in [0.1, 0.15) is 5.78 Å². The summed E-state index contributed by atoms with van der Waals surface area (Å²) in [5.74, 6) is 0.683. The molecular formula is C15H17BrN2OS. The van der Waals surface area contributed by atoms with E-state index in [1.807, 2.05) is 41.2 Å². The molecule has 2 aromatic rings. The normalized spacial score (nSPS) is 11.0. The van der Waals surface area contributed by atoms with Crippen LogP contribution in [-0.2, 0) is 11.2 Å². The Kier molecular flexibility index (Phi) is 5.43. The van der Waals surface area contributed by atoms with E-state index in [2.05, 4.69) is 34.9 Å². The Bertz CT molecular complexity index is 578. The lowest BCUT2D eigenvalue weighted by molar-refractivity contribution is -0.116. The van der Waals surface area contributed by atoms with E-state index < -0.39 is 0 Å². The van der Waals surface area contributed by atoms with Gasteiger partial charge >= 0.3 is 0 Å². The third-order valence-corrected chi connectivity index (χ3v) is 4.38. The quantitative estimate of drug-likeness (QED) is 0.733. The molecule has 1 heterocycles. The van der Waals surface area contributed by atoms with Crippen LogP contribution in [0.25, 0.3) is 0 Å². The fraction of sp³-hybridized carbons (Fsp3) is 0.333. The zero-order chi connectivity index (χ0) is 14.5. The highest BCUT2D eigenvalue weighted by molar-refractivity contribution is 9.10. The van der Waals surface area contributed by atoms with Crippen molar-refractivity contribution in [1.29, 1.82) is 0 Å². The molecule has 106 valence electrons. The van der Waals surface area contributed by atoms with Crippen LogP contribution >= 0.6 is 27.7 Å². The summed E-state index contributed by atoms with van der Waals surface area (Å²) in [4.78, 5) is 13.1. The number of aromatic nitrogens is 2. The van der Waals surface area contributed by atoms with Crippen LogP contribution in [0.2, 0.25) is 0 Å². The second-order valence-corrected chi connectivity index (χ2v) is 6.80. The fourth-order valence-electron chi connectivity index (χ4n) is 1.71. The van der Waals surface area contributed by atoms with Crippen molar-refractivity contribution in [2.45, 2.75) is 31.2 Å². The monoisotopic (exact) mass is 352 g/mol. The zero-order valence-corrected chi connectivity index (χ0v) is 13.9. The maximum Gasteiger partial charge on any atom is 0.149 e. The maximum absolute atomic E-state index is 12.0. The predicted octanol–water partition coefficient (Wildman–Crippen LogP) is 4.13. The summed E-state index contributed by atoms with van der Waals surface area (Å²) in [6.07, 6.45) is 2.33. The van der Waals surface area contributed by atoms with Crippen LogP contribution in [0.1, 0.15) is 25.6 Å². The molecule has 0 aliphatic heterocycles. The van der Waals surface area contributed by atoms with Crippen LogP contribution in [0.15, 0.2) is 45.9 Å². The van der Waals surface area contributed by atoms with Crippen LogP contribution in [0, 0.1) is 0 Å². The molecule has 1 aromatic carbocycles. The summed E-state index contributed by atoms with van der Waals surface area (Å²) in [6, 6.07) is 10.2. The van der Waals surface area contributed by atoms with E-state index in [0.29, 0.717) is 18.2 Å². The van der Waals surface area contributed by atoms with Crippen molar-refractivity contribution in [3.8, 4) is 0 Å². The molecule has 0 saturated carbocycles.